The standard InChI is InChI=1S/C24H27N3O3/c1-5-29-20-12-14-23(30-6-2)22(16-20)25-24(28)15-13-21-17(3)26-27(18(21)4)19-10-8-7-9-11-19/h7-16H,5-6H2,1-4H3,(H,25,28)/b15-13+. The van der Waals surface area contributed by atoms with E-state index in [-0.39, 0.29) is 5.91 Å². The predicted octanol–water partition coefficient (Wildman–Crippen LogP) is 4.94. The minimum atomic E-state index is -0.254. The molecule has 156 valence electrons. The highest BCUT2D eigenvalue weighted by molar-refractivity contribution is 6.03. The van der Waals surface area contributed by atoms with Crippen molar-refractivity contribution in [2.24, 2.45) is 0 Å². The molecule has 0 saturated carbocycles. The molecule has 0 bridgehead atoms. The van der Waals surface area contributed by atoms with E-state index in [0.29, 0.717) is 30.4 Å². The van der Waals surface area contributed by atoms with E-state index in [1.54, 1.807) is 18.2 Å². The van der Waals surface area contributed by atoms with Crippen LogP contribution in [0.4, 0.5) is 5.69 Å². The maximum absolute atomic E-state index is 12.6. The molecule has 1 heterocycles. The quantitative estimate of drug-likeness (QED) is 0.539. The van der Waals surface area contributed by atoms with Crippen LogP contribution in [-0.2, 0) is 4.79 Å². The van der Waals surface area contributed by atoms with Gasteiger partial charge in [-0.05, 0) is 58.0 Å². The number of carbonyl (C=O) groups is 1. The minimum absolute atomic E-state index is 0.254. The van der Waals surface area contributed by atoms with Crippen LogP contribution in [0.15, 0.2) is 54.6 Å². The van der Waals surface area contributed by atoms with Crippen molar-refractivity contribution in [3.63, 3.8) is 0 Å². The van der Waals surface area contributed by atoms with Crippen LogP contribution in [0, 0.1) is 13.8 Å². The number of aryl methyl sites for hydroxylation is 1. The summed E-state index contributed by atoms with van der Waals surface area (Å²) in [7, 11) is 0. The van der Waals surface area contributed by atoms with E-state index in [4.69, 9.17) is 9.47 Å². The van der Waals surface area contributed by atoms with Crippen molar-refractivity contribution >= 4 is 17.7 Å². The number of nitrogens with zero attached hydrogens (tertiary/aromatic N) is 2. The third kappa shape index (κ3) is 4.89. The Morgan fingerprint density at radius 2 is 1.80 bits per heavy atom. The predicted molar refractivity (Wildman–Crippen MR) is 119 cm³/mol. The molecule has 0 atom stereocenters. The van der Waals surface area contributed by atoms with Gasteiger partial charge in [0.25, 0.3) is 0 Å². The van der Waals surface area contributed by atoms with Gasteiger partial charge in [0, 0.05) is 23.4 Å². The molecule has 1 N–H and O–H groups in total. The van der Waals surface area contributed by atoms with Crippen molar-refractivity contribution in [2.45, 2.75) is 27.7 Å². The number of nitrogens with one attached hydrogen (secondary N) is 1. The highest BCUT2D eigenvalue weighted by Crippen LogP contribution is 2.29. The summed E-state index contributed by atoms with van der Waals surface area (Å²) in [6.45, 7) is 8.79. The van der Waals surface area contributed by atoms with Crippen LogP contribution in [0.1, 0.15) is 30.8 Å². The first-order chi connectivity index (χ1) is 14.5. The van der Waals surface area contributed by atoms with Crippen molar-refractivity contribution in [2.75, 3.05) is 18.5 Å². The maximum Gasteiger partial charge on any atom is 0.248 e. The summed E-state index contributed by atoms with van der Waals surface area (Å²) in [5.74, 6) is 1.03. The normalized spacial score (nSPS) is 10.9. The van der Waals surface area contributed by atoms with Crippen molar-refractivity contribution in [1.82, 2.24) is 9.78 Å². The Bertz CT molecular complexity index is 1040. The van der Waals surface area contributed by atoms with E-state index in [1.807, 2.05) is 68.8 Å². The number of benzene rings is 2. The summed E-state index contributed by atoms with van der Waals surface area (Å²) in [6, 6.07) is 15.3. The molecule has 0 aliphatic heterocycles. The lowest BCUT2D eigenvalue weighted by Gasteiger charge is -2.12. The fourth-order valence-electron chi connectivity index (χ4n) is 3.19. The number of carbonyl (C=O) groups excluding carboxylic acids is 1. The van der Waals surface area contributed by atoms with Crippen molar-refractivity contribution < 1.29 is 14.3 Å². The summed E-state index contributed by atoms with van der Waals surface area (Å²) in [5.41, 5.74) is 4.30. The number of aromatic nitrogens is 2. The van der Waals surface area contributed by atoms with Crippen LogP contribution in [0.2, 0.25) is 0 Å². The van der Waals surface area contributed by atoms with Crippen LogP contribution < -0.4 is 14.8 Å². The molecule has 1 amide bonds. The van der Waals surface area contributed by atoms with Gasteiger partial charge in [0.1, 0.15) is 11.5 Å². The second-order valence-corrected chi connectivity index (χ2v) is 6.68. The van der Waals surface area contributed by atoms with Gasteiger partial charge in [-0.15, -0.1) is 0 Å². The third-order valence-corrected chi connectivity index (χ3v) is 4.57. The fourth-order valence-corrected chi connectivity index (χ4v) is 3.19. The number of anilines is 1. The molecule has 30 heavy (non-hydrogen) atoms. The van der Waals surface area contributed by atoms with E-state index >= 15 is 0 Å². The Labute approximate surface area is 177 Å². The Morgan fingerprint density at radius 1 is 1.07 bits per heavy atom. The Hall–Kier alpha value is -3.54. The number of rotatable bonds is 8. The Morgan fingerprint density at radius 3 is 2.50 bits per heavy atom. The average Bonchev–Trinajstić information content (AvgIpc) is 3.03. The summed E-state index contributed by atoms with van der Waals surface area (Å²) in [4.78, 5) is 12.6. The lowest BCUT2D eigenvalue weighted by molar-refractivity contribution is -0.111. The molecule has 0 fully saturated rings. The lowest BCUT2D eigenvalue weighted by atomic mass is 10.2. The molecular weight excluding hydrogens is 378 g/mol. The fraction of sp³-hybridized carbons (Fsp3) is 0.250. The van der Waals surface area contributed by atoms with Crippen molar-refractivity contribution in [3.05, 3.63) is 71.6 Å². The topological polar surface area (TPSA) is 65.4 Å². The van der Waals surface area contributed by atoms with Gasteiger partial charge in [0.15, 0.2) is 0 Å². The molecule has 0 saturated heterocycles. The number of hydrogen-bond acceptors (Lipinski definition) is 4. The molecular formula is C24H27N3O3. The average molecular weight is 405 g/mol. The van der Waals surface area contributed by atoms with Crippen LogP contribution in [0.5, 0.6) is 11.5 Å². The zero-order valence-corrected chi connectivity index (χ0v) is 17.8. The molecule has 0 aliphatic carbocycles. The van der Waals surface area contributed by atoms with Crippen molar-refractivity contribution in [1.29, 1.82) is 0 Å². The van der Waals surface area contributed by atoms with Gasteiger partial charge in [-0.1, -0.05) is 18.2 Å². The van der Waals surface area contributed by atoms with Crippen LogP contribution >= 0.6 is 0 Å². The Balaban J connectivity index is 1.80. The van der Waals surface area contributed by atoms with E-state index in [0.717, 1.165) is 22.6 Å². The first kappa shape index (κ1) is 21.2. The molecule has 3 aromatic rings. The monoisotopic (exact) mass is 405 g/mol. The van der Waals surface area contributed by atoms with E-state index < -0.39 is 0 Å². The summed E-state index contributed by atoms with van der Waals surface area (Å²) in [6.07, 6.45) is 3.30. The van der Waals surface area contributed by atoms with Gasteiger partial charge in [0.2, 0.25) is 5.91 Å². The molecule has 0 aliphatic rings. The first-order valence-corrected chi connectivity index (χ1v) is 10.0. The lowest BCUT2D eigenvalue weighted by Crippen LogP contribution is -2.10. The summed E-state index contributed by atoms with van der Waals surface area (Å²) < 4.78 is 13.0. The second kappa shape index (κ2) is 9.78. The molecule has 0 radical (unpaired) electrons. The molecule has 0 spiro atoms. The smallest absolute Gasteiger partial charge is 0.248 e. The third-order valence-electron chi connectivity index (χ3n) is 4.57. The van der Waals surface area contributed by atoms with Crippen LogP contribution in [-0.4, -0.2) is 28.9 Å². The van der Waals surface area contributed by atoms with Crippen molar-refractivity contribution in [3.8, 4) is 17.2 Å². The van der Waals surface area contributed by atoms with E-state index in [9.17, 15) is 4.79 Å². The molecule has 2 aromatic carbocycles. The van der Waals surface area contributed by atoms with Gasteiger partial charge in [-0.3, -0.25) is 4.79 Å². The van der Waals surface area contributed by atoms with Gasteiger partial charge < -0.3 is 14.8 Å². The van der Waals surface area contributed by atoms with E-state index in [2.05, 4.69) is 10.4 Å². The van der Waals surface area contributed by atoms with E-state index in [1.165, 1.54) is 6.08 Å². The van der Waals surface area contributed by atoms with Gasteiger partial charge in [-0.2, -0.15) is 5.10 Å². The number of amides is 1. The maximum atomic E-state index is 12.6. The van der Waals surface area contributed by atoms with Gasteiger partial charge >= 0.3 is 0 Å². The van der Waals surface area contributed by atoms with Gasteiger partial charge in [-0.25, -0.2) is 4.68 Å². The zero-order chi connectivity index (χ0) is 21.5. The first-order valence-electron chi connectivity index (χ1n) is 10.0. The number of para-hydroxylation sites is 1. The molecule has 3 rings (SSSR count). The summed E-state index contributed by atoms with van der Waals surface area (Å²) in [5, 5.41) is 7.49. The zero-order valence-electron chi connectivity index (χ0n) is 17.8. The van der Waals surface area contributed by atoms with Crippen LogP contribution in [0.3, 0.4) is 0 Å². The largest absolute Gasteiger partial charge is 0.494 e. The summed E-state index contributed by atoms with van der Waals surface area (Å²) >= 11 is 0. The Kier molecular flexibility index (Phi) is 6.91. The SMILES string of the molecule is CCOc1ccc(OCC)c(NC(=O)/C=C/c2c(C)nn(-c3ccccc3)c2C)c1. The second-order valence-electron chi connectivity index (χ2n) is 6.68. The number of hydrogen-bond donors (Lipinski definition) is 1. The molecule has 6 nitrogen and oxygen atoms in total. The molecule has 6 heteroatoms. The van der Waals surface area contributed by atoms with Gasteiger partial charge in [0.05, 0.1) is 30.3 Å². The molecule has 1 aromatic heterocycles. The van der Waals surface area contributed by atoms with Crippen LogP contribution in [0.25, 0.3) is 11.8 Å². The highest BCUT2D eigenvalue weighted by atomic mass is 16.5. The highest BCUT2D eigenvalue weighted by Gasteiger charge is 2.12. The number of ether oxygens (including phenoxy) is 2. The minimum Gasteiger partial charge on any atom is -0.494 e. The molecule has 0 unspecified atom stereocenters.